The molecule has 1 rings (SSSR count). The number of hydrogen-bond acceptors (Lipinski definition) is 4. The zero-order valence-corrected chi connectivity index (χ0v) is 14.4. The van der Waals surface area contributed by atoms with Crippen LogP contribution in [0.4, 0.5) is 0 Å². The Hall–Kier alpha value is -0.490. The van der Waals surface area contributed by atoms with Crippen LogP contribution in [-0.4, -0.2) is 23.4 Å². The van der Waals surface area contributed by atoms with E-state index in [0.717, 1.165) is 12.0 Å². The minimum atomic E-state index is -0.608. The molecule has 0 unspecified atom stereocenters. The Kier molecular flexibility index (Phi) is 8.51. The molecule has 0 amide bonds. The summed E-state index contributed by atoms with van der Waals surface area (Å²) in [5.74, 6) is 0.911. The maximum absolute atomic E-state index is 10.1. The van der Waals surface area contributed by atoms with E-state index in [2.05, 4.69) is 29.8 Å². The maximum atomic E-state index is 10.1. The van der Waals surface area contributed by atoms with Gasteiger partial charge in [0.05, 0.1) is 23.7 Å². The summed E-state index contributed by atoms with van der Waals surface area (Å²) >= 11 is 3.25. The molecule has 0 heterocycles. The van der Waals surface area contributed by atoms with Gasteiger partial charge in [0, 0.05) is 0 Å². The van der Waals surface area contributed by atoms with Crippen molar-refractivity contribution >= 4 is 28.3 Å². The van der Waals surface area contributed by atoms with Crippen molar-refractivity contribution in [3.63, 3.8) is 0 Å². The van der Waals surface area contributed by atoms with Crippen molar-refractivity contribution in [1.82, 2.24) is 0 Å². The number of aliphatic hydroxyl groups is 1. The topological polar surface area (TPSA) is 75.7 Å². The van der Waals surface area contributed by atoms with Gasteiger partial charge in [-0.15, -0.1) is 12.4 Å². The minimum absolute atomic E-state index is 0. The highest BCUT2D eigenvalue weighted by Crippen LogP contribution is 2.37. The molecule has 0 aliphatic heterocycles. The van der Waals surface area contributed by atoms with Gasteiger partial charge >= 0.3 is 0 Å². The molecule has 0 saturated carbocycles. The lowest BCUT2D eigenvalue weighted by atomic mass is 9.96. The van der Waals surface area contributed by atoms with Gasteiger partial charge in [-0.25, -0.2) is 0 Å². The SMILES string of the molecule is COc1cc([C@@H](N)[C@@H](O)CCC(C)C)cc(Br)c1O.Cl. The van der Waals surface area contributed by atoms with E-state index in [1.807, 2.05) is 0 Å². The quantitative estimate of drug-likeness (QED) is 0.719. The van der Waals surface area contributed by atoms with E-state index in [4.69, 9.17) is 10.5 Å². The van der Waals surface area contributed by atoms with Gasteiger partial charge in [0.2, 0.25) is 0 Å². The van der Waals surface area contributed by atoms with Crippen LogP contribution in [0.3, 0.4) is 0 Å². The number of phenolic OH excluding ortho intramolecular Hbond substituents is 1. The van der Waals surface area contributed by atoms with Crippen LogP contribution in [0.5, 0.6) is 11.5 Å². The predicted octanol–water partition coefficient (Wildman–Crippen LogP) is 3.38. The van der Waals surface area contributed by atoms with Crippen molar-refractivity contribution in [3.8, 4) is 11.5 Å². The highest BCUT2D eigenvalue weighted by Gasteiger charge is 2.20. The van der Waals surface area contributed by atoms with Crippen molar-refractivity contribution in [3.05, 3.63) is 22.2 Å². The average molecular weight is 369 g/mol. The average Bonchev–Trinajstić information content (AvgIpc) is 2.37. The number of halogens is 2. The summed E-state index contributed by atoms with van der Waals surface area (Å²) < 4.78 is 5.59. The number of aromatic hydroxyl groups is 1. The molecule has 116 valence electrons. The molecule has 0 spiro atoms. The molecule has 2 atom stereocenters. The summed E-state index contributed by atoms with van der Waals surface area (Å²) in [6.45, 7) is 4.22. The first-order chi connectivity index (χ1) is 8.86. The Labute approximate surface area is 134 Å². The zero-order valence-electron chi connectivity index (χ0n) is 12.0. The first-order valence-corrected chi connectivity index (χ1v) is 7.16. The lowest BCUT2D eigenvalue weighted by molar-refractivity contribution is 0.128. The van der Waals surface area contributed by atoms with Crippen LogP contribution in [0, 0.1) is 5.92 Å². The van der Waals surface area contributed by atoms with Crippen molar-refractivity contribution < 1.29 is 14.9 Å². The molecule has 1 aromatic carbocycles. The highest BCUT2D eigenvalue weighted by molar-refractivity contribution is 9.10. The van der Waals surface area contributed by atoms with Crippen molar-refractivity contribution in [1.29, 1.82) is 0 Å². The summed E-state index contributed by atoms with van der Waals surface area (Å²) in [6, 6.07) is 2.87. The fourth-order valence-corrected chi connectivity index (χ4v) is 2.31. The molecule has 20 heavy (non-hydrogen) atoms. The Morgan fingerprint density at radius 1 is 1.30 bits per heavy atom. The Balaban J connectivity index is 0.00000361. The Morgan fingerprint density at radius 3 is 2.40 bits per heavy atom. The van der Waals surface area contributed by atoms with E-state index >= 15 is 0 Å². The Morgan fingerprint density at radius 2 is 1.90 bits per heavy atom. The molecule has 6 heteroatoms. The number of benzene rings is 1. The number of hydrogen-bond donors (Lipinski definition) is 3. The molecule has 1 aromatic rings. The van der Waals surface area contributed by atoms with Crippen LogP contribution in [-0.2, 0) is 0 Å². The number of phenols is 1. The van der Waals surface area contributed by atoms with Gasteiger partial charge in [-0.1, -0.05) is 13.8 Å². The third kappa shape index (κ3) is 5.13. The monoisotopic (exact) mass is 367 g/mol. The van der Waals surface area contributed by atoms with E-state index in [1.54, 1.807) is 12.1 Å². The first kappa shape index (κ1) is 19.5. The van der Waals surface area contributed by atoms with E-state index < -0.39 is 12.1 Å². The number of ether oxygens (including phenoxy) is 1. The molecular weight excluding hydrogens is 346 g/mol. The smallest absolute Gasteiger partial charge is 0.172 e. The van der Waals surface area contributed by atoms with E-state index in [9.17, 15) is 10.2 Å². The number of nitrogens with two attached hydrogens (primary N) is 1. The van der Waals surface area contributed by atoms with E-state index in [-0.39, 0.29) is 18.2 Å². The van der Waals surface area contributed by atoms with Crippen LogP contribution < -0.4 is 10.5 Å². The second-order valence-corrected chi connectivity index (χ2v) is 5.97. The fourth-order valence-electron chi connectivity index (χ4n) is 1.85. The second kappa shape index (κ2) is 8.72. The number of methoxy groups -OCH3 is 1. The van der Waals surface area contributed by atoms with Gasteiger partial charge in [0.15, 0.2) is 11.5 Å². The van der Waals surface area contributed by atoms with Gasteiger partial charge in [-0.3, -0.25) is 0 Å². The van der Waals surface area contributed by atoms with Gasteiger partial charge in [0.25, 0.3) is 0 Å². The lowest BCUT2D eigenvalue weighted by Gasteiger charge is -2.21. The van der Waals surface area contributed by atoms with Crippen LogP contribution in [0.15, 0.2) is 16.6 Å². The van der Waals surface area contributed by atoms with Gasteiger partial charge < -0.3 is 20.7 Å². The number of rotatable bonds is 6. The molecule has 0 saturated heterocycles. The zero-order chi connectivity index (χ0) is 14.6. The first-order valence-electron chi connectivity index (χ1n) is 6.36. The van der Waals surface area contributed by atoms with E-state index in [0.29, 0.717) is 22.6 Å². The van der Waals surface area contributed by atoms with Crippen LogP contribution >= 0.6 is 28.3 Å². The highest BCUT2D eigenvalue weighted by atomic mass is 79.9. The van der Waals surface area contributed by atoms with Gasteiger partial charge in [0.1, 0.15) is 0 Å². The molecule has 0 aromatic heterocycles. The third-order valence-electron chi connectivity index (χ3n) is 3.11. The molecule has 4 nitrogen and oxygen atoms in total. The summed E-state index contributed by atoms with van der Waals surface area (Å²) in [6.07, 6.45) is 0.966. The molecule has 0 aliphatic rings. The summed E-state index contributed by atoms with van der Waals surface area (Å²) in [5.41, 5.74) is 6.79. The Bertz CT molecular complexity index is 429. The van der Waals surface area contributed by atoms with Crippen LogP contribution in [0.25, 0.3) is 0 Å². The molecular formula is C14H23BrClNO3. The van der Waals surface area contributed by atoms with Gasteiger partial charge in [-0.05, 0) is 52.4 Å². The molecule has 4 N–H and O–H groups in total. The third-order valence-corrected chi connectivity index (χ3v) is 3.71. The van der Waals surface area contributed by atoms with Gasteiger partial charge in [-0.2, -0.15) is 0 Å². The summed E-state index contributed by atoms with van der Waals surface area (Å²) in [7, 11) is 1.48. The largest absolute Gasteiger partial charge is 0.503 e. The minimum Gasteiger partial charge on any atom is -0.503 e. The fraction of sp³-hybridized carbons (Fsp3) is 0.571. The summed E-state index contributed by atoms with van der Waals surface area (Å²) in [4.78, 5) is 0. The second-order valence-electron chi connectivity index (χ2n) is 5.12. The molecule has 0 fully saturated rings. The normalized spacial score (nSPS) is 13.8. The standard InChI is InChI=1S/C14H22BrNO3.ClH/c1-8(2)4-5-11(17)13(16)9-6-10(15)14(18)12(7-9)19-3;/h6-8,11,13,17-18H,4-5,16H2,1-3H3;1H/t11-,13+;/m0./s1. The molecule has 0 aliphatic carbocycles. The molecule has 0 radical (unpaired) electrons. The van der Waals surface area contributed by atoms with Crippen molar-refractivity contribution in [2.75, 3.05) is 7.11 Å². The van der Waals surface area contributed by atoms with Crippen molar-refractivity contribution in [2.24, 2.45) is 11.7 Å². The van der Waals surface area contributed by atoms with E-state index in [1.165, 1.54) is 7.11 Å². The lowest BCUT2D eigenvalue weighted by Crippen LogP contribution is -2.26. The summed E-state index contributed by atoms with van der Waals surface area (Å²) in [5, 5.41) is 19.8. The van der Waals surface area contributed by atoms with Crippen molar-refractivity contribution in [2.45, 2.75) is 38.8 Å². The maximum Gasteiger partial charge on any atom is 0.172 e. The van der Waals surface area contributed by atoms with Crippen LogP contribution in [0.2, 0.25) is 0 Å². The number of aliphatic hydroxyl groups excluding tert-OH is 1. The molecule has 0 bridgehead atoms. The van der Waals surface area contributed by atoms with Crippen LogP contribution in [0.1, 0.15) is 38.3 Å². The predicted molar refractivity (Wildman–Crippen MR) is 86.6 cm³/mol.